The molecule has 124 valence electrons. The van der Waals surface area contributed by atoms with Gasteiger partial charge in [-0.2, -0.15) is 12.7 Å². The highest BCUT2D eigenvalue weighted by Crippen LogP contribution is 2.40. The molecule has 6 heteroatoms. The summed E-state index contributed by atoms with van der Waals surface area (Å²) in [5.41, 5.74) is 0.202. The minimum absolute atomic E-state index is 0.202. The Bertz CT molecular complexity index is 417. The Morgan fingerprint density at radius 3 is 2.57 bits per heavy atom. The van der Waals surface area contributed by atoms with E-state index in [4.69, 9.17) is 0 Å². The smallest absolute Gasteiger partial charge is 0.279 e. The van der Waals surface area contributed by atoms with E-state index in [1.54, 1.807) is 4.31 Å². The molecule has 0 amide bonds. The molecule has 2 rings (SSSR count). The van der Waals surface area contributed by atoms with Gasteiger partial charge in [-0.15, -0.1) is 0 Å². The van der Waals surface area contributed by atoms with Gasteiger partial charge in [0.1, 0.15) is 0 Å². The standard InChI is InChI=1S/C15H31N3O2S/c1-3-15(8-4-5-9-15)13-17-21(19,20)18-10-6-7-14(12-18)11-16-2/h14,16-17H,3-13H2,1-2H3. The molecule has 1 unspecified atom stereocenters. The Morgan fingerprint density at radius 1 is 1.24 bits per heavy atom. The third-order valence-corrected chi connectivity index (χ3v) is 6.88. The van der Waals surface area contributed by atoms with Gasteiger partial charge in [-0.3, -0.25) is 0 Å². The van der Waals surface area contributed by atoms with Crippen molar-refractivity contribution in [3.05, 3.63) is 0 Å². The van der Waals surface area contributed by atoms with Gasteiger partial charge in [0.2, 0.25) is 0 Å². The molecule has 0 spiro atoms. The van der Waals surface area contributed by atoms with Crippen molar-refractivity contribution < 1.29 is 8.42 Å². The summed E-state index contributed by atoms with van der Waals surface area (Å²) in [5.74, 6) is 0.437. The SMILES string of the molecule is CCC1(CNS(=O)(=O)N2CCCC(CNC)C2)CCCC1. The summed E-state index contributed by atoms with van der Waals surface area (Å²) in [6.45, 7) is 5.00. The number of nitrogens with zero attached hydrogens (tertiary/aromatic N) is 1. The van der Waals surface area contributed by atoms with E-state index in [1.165, 1.54) is 12.8 Å². The second-order valence-corrected chi connectivity index (χ2v) is 8.57. The van der Waals surface area contributed by atoms with Crippen LogP contribution in [-0.4, -0.2) is 45.9 Å². The van der Waals surface area contributed by atoms with Crippen molar-refractivity contribution >= 4 is 10.2 Å². The molecule has 1 saturated carbocycles. The highest BCUT2D eigenvalue weighted by atomic mass is 32.2. The van der Waals surface area contributed by atoms with Crippen molar-refractivity contribution in [1.82, 2.24) is 14.3 Å². The van der Waals surface area contributed by atoms with E-state index in [-0.39, 0.29) is 5.41 Å². The Kier molecular flexibility index (Phi) is 6.05. The molecule has 2 fully saturated rings. The van der Waals surface area contributed by atoms with E-state index in [2.05, 4.69) is 17.0 Å². The average molecular weight is 317 g/mol. The van der Waals surface area contributed by atoms with E-state index in [1.807, 2.05) is 7.05 Å². The van der Waals surface area contributed by atoms with Gasteiger partial charge in [0.25, 0.3) is 10.2 Å². The summed E-state index contributed by atoms with van der Waals surface area (Å²) in [4.78, 5) is 0. The van der Waals surface area contributed by atoms with Crippen LogP contribution >= 0.6 is 0 Å². The quantitative estimate of drug-likeness (QED) is 0.751. The first-order valence-electron chi connectivity index (χ1n) is 8.41. The fourth-order valence-electron chi connectivity index (χ4n) is 3.82. The third kappa shape index (κ3) is 4.41. The van der Waals surface area contributed by atoms with Crippen LogP contribution in [0.15, 0.2) is 0 Å². The maximum absolute atomic E-state index is 12.5. The first-order chi connectivity index (χ1) is 10.0. The third-order valence-electron chi connectivity index (χ3n) is 5.36. The second kappa shape index (κ2) is 7.40. The largest absolute Gasteiger partial charge is 0.319 e. The molecule has 0 aromatic rings. The molecule has 0 bridgehead atoms. The van der Waals surface area contributed by atoms with E-state index in [0.29, 0.717) is 25.6 Å². The molecule has 2 aliphatic rings. The predicted octanol–water partition coefficient (Wildman–Crippen LogP) is 1.72. The first kappa shape index (κ1) is 17.2. The highest BCUT2D eigenvalue weighted by Gasteiger charge is 2.35. The lowest BCUT2D eigenvalue weighted by molar-refractivity contribution is 0.251. The average Bonchev–Trinajstić information content (AvgIpc) is 2.96. The molecule has 2 N–H and O–H groups in total. The van der Waals surface area contributed by atoms with Crippen LogP contribution in [-0.2, 0) is 10.2 Å². The molecule has 21 heavy (non-hydrogen) atoms. The second-order valence-electron chi connectivity index (χ2n) is 6.81. The van der Waals surface area contributed by atoms with Gasteiger partial charge in [0.15, 0.2) is 0 Å². The Labute approximate surface area is 130 Å². The number of hydrogen-bond donors (Lipinski definition) is 2. The maximum Gasteiger partial charge on any atom is 0.279 e. The summed E-state index contributed by atoms with van der Waals surface area (Å²) >= 11 is 0. The van der Waals surface area contributed by atoms with Crippen LogP contribution in [0.25, 0.3) is 0 Å². The zero-order chi connectivity index (χ0) is 15.3. The molecule has 0 radical (unpaired) electrons. The van der Waals surface area contributed by atoms with Gasteiger partial charge in [0, 0.05) is 19.6 Å². The summed E-state index contributed by atoms with van der Waals surface area (Å²) in [6, 6.07) is 0. The van der Waals surface area contributed by atoms with Crippen molar-refractivity contribution in [3.63, 3.8) is 0 Å². The van der Waals surface area contributed by atoms with Gasteiger partial charge < -0.3 is 5.32 Å². The molecule has 0 aromatic carbocycles. The van der Waals surface area contributed by atoms with E-state index in [0.717, 1.165) is 38.6 Å². The fraction of sp³-hybridized carbons (Fsp3) is 1.00. The van der Waals surface area contributed by atoms with Crippen LogP contribution in [0.5, 0.6) is 0 Å². The first-order valence-corrected chi connectivity index (χ1v) is 9.85. The van der Waals surface area contributed by atoms with Gasteiger partial charge in [-0.1, -0.05) is 19.8 Å². The van der Waals surface area contributed by atoms with E-state index in [9.17, 15) is 8.42 Å². The van der Waals surface area contributed by atoms with Gasteiger partial charge in [-0.05, 0) is 57.0 Å². The van der Waals surface area contributed by atoms with Crippen molar-refractivity contribution in [2.24, 2.45) is 11.3 Å². The highest BCUT2D eigenvalue weighted by molar-refractivity contribution is 7.87. The van der Waals surface area contributed by atoms with E-state index >= 15 is 0 Å². The van der Waals surface area contributed by atoms with E-state index < -0.39 is 10.2 Å². The molecule has 1 aliphatic heterocycles. The van der Waals surface area contributed by atoms with Crippen LogP contribution < -0.4 is 10.0 Å². The van der Waals surface area contributed by atoms with Crippen molar-refractivity contribution in [3.8, 4) is 0 Å². The van der Waals surface area contributed by atoms with Crippen LogP contribution in [0.4, 0.5) is 0 Å². The topological polar surface area (TPSA) is 61.4 Å². The van der Waals surface area contributed by atoms with Gasteiger partial charge in [-0.25, -0.2) is 4.72 Å². The molecule has 1 atom stereocenters. The number of piperidine rings is 1. The summed E-state index contributed by atoms with van der Waals surface area (Å²) in [5, 5.41) is 3.16. The Hall–Kier alpha value is -0.170. The minimum Gasteiger partial charge on any atom is -0.319 e. The fourth-order valence-corrected chi connectivity index (χ4v) is 5.26. The lowest BCUT2D eigenvalue weighted by atomic mass is 9.84. The van der Waals surface area contributed by atoms with Gasteiger partial charge >= 0.3 is 0 Å². The molecule has 1 heterocycles. The summed E-state index contributed by atoms with van der Waals surface area (Å²) in [7, 11) is -1.39. The van der Waals surface area contributed by atoms with Crippen molar-refractivity contribution in [1.29, 1.82) is 0 Å². The molecular weight excluding hydrogens is 286 g/mol. The molecular formula is C15H31N3O2S. The Morgan fingerprint density at radius 2 is 1.95 bits per heavy atom. The van der Waals surface area contributed by atoms with Gasteiger partial charge in [0.05, 0.1) is 0 Å². The van der Waals surface area contributed by atoms with Crippen LogP contribution in [0, 0.1) is 11.3 Å². The summed E-state index contributed by atoms with van der Waals surface area (Å²) in [6.07, 6.45) is 7.95. The predicted molar refractivity (Wildman–Crippen MR) is 86.3 cm³/mol. The molecule has 0 aromatic heterocycles. The van der Waals surface area contributed by atoms with Crippen molar-refractivity contribution in [2.45, 2.75) is 51.9 Å². The van der Waals surface area contributed by atoms with Crippen LogP contribution in [0.2, 0.25) is 0 Å². The van der Waals surface area contributed by atoms with Crippen LogP contribution in [0.3, 0.4) is 0 Å². The number of nitrogens with one attached hydrogen (secondary N) is 2. The lowest BCUT2D eigenvalue weighted by Gasteiger charge is -2.34. The zero-order valence-corrected chi connectivity index (χ0v) is 14.3. The van der Waals surface area contributed by atoms with Crippen molar-refractivity contribution in [2.75, 3.05) is 33.2 Å². The zero-order valence-electron chi connectivity index (χ0n) is 13.5. The number of hydrogen-bond acceptors (Lipinski definition) is 3. The van der Waals surface area contributed by atoms with Crippen LogP contribution in [0.1, 0.15) is 51.9 Å². The Balaban J connectivity index is 1.91. The molecule has 5 nitrogen and oxygen atoms in total. The summed E-state index contributed by atoms with van der Waals surface area (Å²) < 4.78 is 29.6. The lowest BCUT2D eigenvalue weighted by Crippen LogP contribution is -2.49. The maximum atomic E-state index is 12.5. The monoisotopic (exact) mass is 317 g/mol. The molecule has 1 saturated heterocycles. The minimum atomic E-state index is -3.31. The molecule has 1 aliphatic carbocycles. The normalized spacial score (nSPS) is 27.0. The number of rotatable bonds is 7.